The summed E-state index contributed by atoms with van der Waals surface area (Å²) >= 11 is 6.22. The van der Waals surface area contributed by atoms with Gasteiger partial charge in [-0.25, -0.2) is 4.79 Å². The summed E-state index contributed by atoms with van der Waals surface area (Å²) in [6.45, 7) is -0.313. The van der Waals surface area contributed by atoms with E-state index in [1.807, 2.05) is 0 Å². The van der Waals surface area contributed by atoms with Crippen molar-refractivity contribution in [2.75, 3.05) is 7.11 Å². The highest BCUT2D eigenvalue weighted by Crippen LogP contribution is 2.19. The van der Waals surface area contributed by atoms with E-state index in [1.54, 1.807) is 24.3 Å². The summed E-state index contributed by atoms with van der Waals surface area (Å²) in [7, 11) is 2.49. The number of benzene rings is 1. The molecule has 0 amide bonds. The van der Waals surface area contributed by atoms with Gasteiger partial charge in [0.25, 0.3) is 5.56 Å². The summed E-state index contributed by atoms with van der Waals surface area (Å²) in [5, 5.41) is 9.22. The van der Waals surface area contributed by atoms with Gasteiger partial charge in [0.1, 0.15) is 6.54 Å². The number of methoxy groups -OCH3 is 1. The molecule has 2 heterocycles. The largest absolute Gasteiger partial charge is 0.468 e. The molecule has 0 radical (unpaired) electrons. The fourth-order valence-corrected chi connectivity index (χ4v) is 2.97. The second-order valence-corrected chi connectivity index (χ2v) is 6.06. The molecular formula is C17H14ClN5O4. The number of rotatable bonds is 4. The molecule has 0 aliphatic rings. The summed E-state index contributed by atoms with van der Waals surface area (Å²) in [6.07, 6.45) is 0. The van der Waals surface area contributed by atoms with Crippen molar-refractivity contribution in [3.8, 4) is 6.07 Å². The maximum Gasteiger partial charge on any atom is 0.333 e. The van der Waals surface area contributed by atoms with E-state index in [0.29, 0.717) is 11.1 Å². The van der Waals surface area contributed by atoms with E-state index in [0.717, 1.165) is 9.13 Å². The smallest absolute Gasteiger partial charge is 0.333 e. The first-order valence-corrected chi connectivity index (χ1v) is 8.17. The number of carbonyl (C=O) groups is 1. The molecule has 9 nitrogen and oxygen atoms in total. The molecule has 2 aromatic heterocycles. The summed E-state index contributed by atoms with van der Waals surface area (Å²) in [6, 6.07) is 8.94. The Kier molecular flexibility index (Phi) is 4.83. The highest BCUT2D eigenvalue weighted by molar-refractivity contribution is 6.29. The number of fused-ring (bicyclic) bond motifs is 1. The van der Waals surface area contributed by atoms with E-state index in [9.17, 15) is 19.6 Å². The number of carbonyl (C=O) groups excluding carboxylic acids is 1. The maximum atomic E-state index is 12.7. The minimum atomic E-state index is -0.711. The molecule has 0 aliphatic heterocycles. The number of halogens is 1. The van der Waals surface area contributed by atoms with Gasteiger partial charge in [0.2, 0.25) is 5.28 Å². The van der Waals surface area contributed by atoms with Crippen molar-refractivity contribution in [3.63, 3.8) is 0 Å². The van der Waals surface area contributed by atoms with Gasteiger partial charge in [-0.05, 0) is 23.2 Å². The van der Waals surface area contributed by atoms with Crippen molar-refractivity contribution in [2.45, 2.75) is 13.1 Å². The van der Waals surface area contributed by atoms with Crippen LogP contribution in [0.15, 0.2) is 33.9 Å². The van der Waals surface area contributed by atoms with Gasteiger partial charge >= 0.3 is 11.7 Å². The van der Waals surface area contributed by atoms with Crippen LogP contribution in [0.4, 0.5) is 0 Å². The van der Waals surface area contributed by atoms with Crippen molar-refractivity contribution in [3.05, 3.63) is 61.5 Å². The van der Waals surface area contributed by atoms with Crippen molar-refractivity contribution in [1.82, 2.24) is 18.7 Å². The predicted molar refractivity (Wildman–Crippen MR) is 96.5 cm³/mol. The molecule has 0 saturated carbocycles. The van der Waals surface area contributed by atoms with Crippen molar-refractivity contribution >= 4 is 28.7 Å². The standard InChI is InChI=1S/C17H14ClN5O4/c1-21-15(25)13-14(23(17(21)26)9-12(24)27-2)20-16(18)22(13)8-11-6-4-3-5-10(11)7-19/h3-6H,8-9H2,1-2H3. The first-order chi connectivity index (χ1) is 12.9. The lowest BCUT2D eigenvalue weighted by molar-refractivity contribution is -0.141. The molecule has 0 fully saturated rings. The fraction of sp³-hybridized carbons (Fsp3) is 0.235. The third kappa shape index (κ3) is 3.11. The van der Waals surface area contributed by atoms with Crippen LogP contribution in [0.3, 0.4) is 0 Å². The lowest BCUT2D eigenvalue weighted by atomic mass is 10.1. The van der Waals surface area contributed by atoms with Crippen LogP contribution in [0.25, 0.3) is 11.2 Å². The Morgan fingerprint density at radius 1 is 1.30 bits per heavy atom. The van der Waals surface area contributed by atoms with Gasteiger partial charge in [-0.1, -0.05) is 18.2 Å². The monoisotopic (exact) mass is 387 g/mol. The average molecular weight is 388 g/mol. The molecule has 0 N–H and O–H groups in total. The van der Waals surface area contributed by atoms with E-state index < -0.39 is 23.8 Å². The van der Waals surface area contributed by atoms with Crippen LogP contribution in [0.1, 0.15) is 11.1 Å². The zero-order chi connectivity index (χ0) is 19.7. The van der Waals surface area contributed by atoms with Crippen LogP contribution in [0, 0.1) is 11.3 Å². The molecule has 3 rings (SSSR count). The molecule has 27 heavy (non-hydrogen) atoms. The number of nitrogens with zero attached hydrogens (tertiary/aromatic N) is 5. The Hall–Kier alpha value is -3.38. The molecular weight excluding hydrogens is 374 g/mol. The lowest BCUT2D eigenvalue weighted by Crippen LogP contribution is -2.40. The van der Waals surface area contributed by atoms with Crippen molar-refractivity contribution < 1.29 is 9.53 Å². The zero-order valence-corrected chi connectivity index (χ0v) is 15.2. The number of nitriles is 1. The van der Waals surface area contributed by atoms with Crippen LogP contribution >= 0.6 is 11.6 Å². The molecule has 10 heteroatoms. The molecule has 0 spiro atoms. The number of esters is 1. The van der Waals surface area contributed by atoms with Gasteiger partial charge in [-0.15, -0.1) is 0 Å². The van der Waals surface area contributed by atoms with E-state index in [4.69, 9.17) is 11.6 Å². The quantitative estimate of drug-likeness (QED) is 0.479. The Morgan fingerprint density at radius 2 is 2.00 bits per heavy atom. The number of hydrogen-bond donors (Lipinski definition) is 0. The molecule has 0 aliphatic carbocycles. The zero-order valence-electron chi connectivity index (χ0n) is 14.5. The van der Waals surface area contributed by atoms with Gasteiger partial charge in [0.05, 0.1) is 25.3 Å². The Bertz CT molecular complexity index is 1220. The molecule has 3 aromatic rings. The van der Waals surface area contributed by atoms with E-state index in [1.165, 1.54) is 18.7 Å². The fourth-order valence-electron chi connectivity index (χ4n) is 2.75. The first kappa shape index (κ1) is 18.4. The topological polar surface area (TPSA) is 112 Å². The van der Waals surface area contributed by atoms with Crippen LogP contribution in [0.5, 0.6) is 0 Å². The molecule has 0 atom stereocenters. The molecule has 0 bridgehead atoms. The predicted octanol–water partition coefficient (Wildman–Crippen LogP) is 0.643. The summed E-state index contributed by atoms with van der Waals surface area (Å²) in [4.78, 5) is 40.9. The minimum absolute atomic E-state index is 0.0204. The van der Waals surface area contributed by atoms with E-state index in [2.05, 4.69) is 15.8 Å². The normalized spacial score (nSPS) is 10.7. The lowest BCUT2D eigenvalue weighted by Gasteiger charge is -2.10. The van der Waals surface area contributed by atoms with Crippen LogP contribution in [-0.4, -0.2) is 31.8 Å². The Labute approximate surface area is 157 Å². The molecule has 0 saturated heterocycles. The summed E-state index contributed by atoms with van der Waals surface area (Å²) in [5.74, 6) is -0.669. The SMILES string of the molecule is COC(=O)Cn1c(=O)n(C)c(=O)c2c1nc(Cl)n2Cc1ccccc1C#N. The number of imidazole rings is 1. The van der Waals surface area contributed by atoms with Gasteiger partial charge in [0.15, 0.2) is 11.2 Å². The third-order valence-corrected chi connectivity index (χ3v) is 4.45. The van der Waals surface area contributed by atoms with E-state index in [-0.39, 0.29) is 23.0 Å². The molecule has 138 valence electrons. The minimum Gasteiger partial charge on any atom is -0.468 e. The Morgan fingerprint density at radius 3 is 2.67 bits per heavy atom. The average Bonchev–Trinajstić information content (AvgIpc) is 2.99. The highest BCUT2D eigenvalue weighted by atomic mass is 35.5. The molecule has 1 aromatic carbocycles. The van der Waals surface area contributed by atoms with E-state index >= 15 is 0 Å². The van der Waals surface area contributed by atoms with Crippen molar-refractivity contribution in [1.29, 1.82) is 5.26 Å². The van der Waals surface area contributed by atoms with Crippen LogP contribution in [-0.2, 0) is 29.7 Å². The van der Waals surface area contributed by atoms with Crippen molar-refractivity contribution in [2.24, 2.45) is 7.05 Å². The van der Waals surface area contributed by atoms with Crippen LogP contribution in [0.2, 0.25) is 5.28 Å². The van der Waals surface area contributed by atoms with Gasteiger partial charge < -0.3 is 9.30 Å². The second kappa shape index (κ2) is 7.09. The maximum absolute atomic E-state index is 12.7. The summed E-state index contributed by atoms with van der Waals surface area (Å²) < 4.78 is 7.91. The van der Waals surface area contributed by atoms with Gasteiger partial charge in [0, 0.05) is 7.05 Å². The Balaban J connectivity index is 2.28. The number of hydrogen-bond acceptors (Lipinski definition) is 6. The highest BCUT2D eigenvalue weighted by Gasteiger charge is 2.21. The number of ether oxygens (including phenoxy) is 1. The number of aromatic nitrogens is 4. The first-order valence-electron chi connectivity index (χ1n) is 7.79. The second-order valence-electron chi connectivity index (χ2n) is 5.72. The van der Waals surface area contributed by atoms with Gasteiger partial charge in [-0.3, -0.25) is 18.7 Å². The summed E-state index contributed by atoms with van der Waals surface area (Å²) in [5.41, 5.74) is -0.225. The third-order valence-electron chi connectivity index (χ3n) is 4.16. The van der Waals surface area contributed by atoms with Crippen LogP contribution < -0.4 is 11.2 Å². The van der Waals surface area contributed by atoms with Gasteiger partial charge in [-0.2, -0.15) is 10.2 Å². The molecule has 0 unspecified atom stereocenters.